The largest absolute Gasteiger partial charge is 0.482 e. The summed E-state index contributed by atoms with van der Waals surface area (Å²) in [6, 6.07) is 10.7. The Morgan fingerprint density at radius 3 is 2.73 bits per heavy atom. The van der Waals surface area contributed by atoms with Crippen LogP contribution < -0.4 is 15.4 Å². The zero-order valence-electron chi connectivity index (χ0n) is 14.1. The molecule has 0 spiro atoms. The van der Waals surface area contributed by atoms with Crippen LogP contribution in [0, 0.1) is 6.92 Å². The van der Waals surface area contributed by atoms with Crippen molar-refractivity contribution in [3.05, 3.63) is 57.0 Å². The molecule has 0 heterocycles. The normalized spacial score (nSPS) is 13.2. The maximum Gasteiger partial charge on any atom is 0.262 e. The maximum absolute atomic E-state index is 12.2. The molecule has 0 aromatic heterocycles. The molecule has 1 aliphatic carbocycles. The van der Waals surface area contributed by atoms with Gasteiger partial charge in [0.25, 0.3) is 11.8 Å². The molecule has 2 aromatic rings. The molecule has 0 bridgehead atoms. The van der Waals surface area contributed by atoms with E-state index in [1.165, 1.54) is 0 Å². The Balaban J connectivity index is 1.59. The number of rotatable bonds is 6. The molecule has 26 heavy (non-hydrogen) atoms. The molecule has 2 aromatic carbocycles. The number of hydrogen-bond acceptors (Lipinski definition) is 3. The standard InChI is InChI=1S/C19H18BrClN2O3/c1-11-7-13(20)9-16(21)18(11)26-10-17(24)22-15-4-2-3-12(8-15)19(25)23-14-5-6-14/h2-4,7-9,14H,5-6,10H2,1H3,(H,22,24)(H,23,25). The summed E-state index contributed by atoms with van der Waals surface area (Å²) in [7, 11) is 0. The Bertz CT molecular complexity index is 829. The van der Waals surface area contributed by atoms with E-state index in [2.05, 4.69) is 26.6 Å². The van der Waals surface area contributed by atoms with Crippen LogP contribution in [-0.2, 0) is 4.79 Å². The van der Waals surface area contributed by atoms with Crippen molar-refractivity contribution in [1.29, 1.82) is 0 Å². The van der Waals surface area contributed by atoms with E-state index in [1.807, 2.05) is 13.0 Å². The minimum atomic E-state index is -0.330. The monoisotopic (exact) mass is 436 g/mol. The Labute approximate surface area is 165 Å². The first-order valence-electron chi connectivity index (χ1n) is 8.21. The van der Waals surface area contributed by atoms with E-state index in [1.54, 1.807) is 30.3 Å². The second-order valence-corrected chi connectivity index (χ2v) is 7.52. The highest BCUT2D eigenvalue weighted by Gasteiger charge is 2.23. The van der Waals surface area contributed by atoms with Gasteiger partial charge >= 0.3 is 0 Å². The highest BCUT2D eigenvalue weighted by Crippen LogP contribution is 2.32. The lowest BCUT2D eigenvalue weighted by Crippen LogP contribution is -2.25. The minimum Gasteiger partial charge on any atom is -0.482 e. The van der Waals surface area contributed by atoms with Gasteiger partial charge in [0.05, 0.1) is 5.02 Å². The quantitative estimate of drug-likeness (QED) is 0.707. The third-order valence-corrected chi connectivity index (χ3v) is 4.60. The van der Waals surface area contributed by atoms with Gasteiger partial charge < -0.3 is 15.4 Å². The molecule has 1 fully saturated rings. The van der Waals surface area contributed by atoms with E-state index in [4.69, 9.17) is 16.3 Å². The highest BCUT2D eigenvalue weighted by atomic mass is 79.9. The third kappa shape index (κ3) is 4.99. The molecule has 0 aliphatic heterocycles. The molecular weight excluding hydrogens is 420 g/mol. The van der Waals surface area contributed by atoms with Crippen LogP contribution in [0.15, 0.2) is 40.9 Å². The Morgan fingerprint density at radius 2 is 2.04 bits per heavy atom. The maximum atomic E-state index is 12.2. The summed E-state index contributed by atoms with van der Waals surface area (Å²) in [6.45, 7) is 1.67. The number of aryl methyl sites for hydroxylation is 1. The van der Waals surface area contributed by atoms with Gasteiger partial charge in [0.1, 0.15) is 5.75 Å². The topological polar surface area (TPSA) is 67.4 Å². The summed E-state index contributed by atoms with van der Waals surface area (Å²) >= 11 is 9.51. The van der Waals surface area contributed by atoms with Crippen molar-refractivity contribution in [3.8, 4) is 5.75 Å². The van der Waals surface area contributed by atoms with Crippen LogP contribution in [-0.4, -0.2) is 24.5 Å². The van der Waals surface area contributed by atoms with Crippen LogP contribution in [0.25, 0.3) is 0 Å². The zero-order valence-corrected chi connectivity index (χ0v) is 16.5. The number of amides is 2. The van der Waals surface area contributed by atoms with Crippen molar-refractivity contribution >= 4 is 45.0 Å². The second kappa shape index (κ2) is 8.10. The molecule has 136 valence electrons. The van der Waals surface area contributed by atoms with Crippen LogP contribution in [0.1, 0.15) is 28.8 Å². The summed E-state index contributed by atoms with van der Waals surface area (Å²) in [5.41, 5.74) is 1.89. The zero-order chi connectivity index (χ0) is 18.7. The van der Waals surface area contributed by atoms with Gasteiger partial charge in [0.2, 0.25) is 0 Å². The smallest absolute Gasteiger partial charge is 0.262 e. The van der Waals surface area contributed by atoms with Crippen molar-refractivity contribution < 1.29 is 14.3 Å². The van der Waals surface area contributed by atoms with E-state index in [-0.39, 0.29) is 24.5 Å². The summed E-state index contributed by atoms with van der Waals surface area (Å²) in [4.78, 5) is 24.2. The van der Waals surface area contributed by atoms with Gasteiger partial charge in [-0.05, 0) is 55.7 Å². The first-order valence-corrected chi connectivity index (χ1v) is 9.38. The lowest BCUT2D eigenvalue weighted by atomic mass is 10.2. The van der Waals surface area contributed by atoms with Gasteiger partial charge in [-0.1, -0.05) is 33.6 Å². The van der Waals surface area contributed by atoms with Gasteiger partial charge in [0.15, 0.2) is 6.61 Å². The molecule has 2 N–H and O–H groups in total. The Hall–Kier alpha value is -2.05. The fourth-order valence-corrected chi connectivity index (χ4v) is 3.47. The van der Waals surface area contributed by atoms with Gasteiger partial charge in [-0.25, -0.2) is 0 Å². The lowest BCUT2D eigenvalue weighted by molar-refractivity contribution is -0.118. The summed E-state index contributed by atoms with van der Waals surface area (Å²) < 4.78 is 6.40. The molecule has 0 atom stereocenters. The number of anilines is 1. The predicted molar refractivity (Wildman–Crippen MR) is 105 cm³/mol. The summed E-state index contributed by atoms with van der Waals surface area (Å²) in [6.07, 6.45) is 2.05. The van der Waals surface area contributed by atoms with Gasteiger partial charge in [0, 0.05) is 21.8 Å². The van der Waals surface area contributed by atoms with E-state index in [0.717, 1.165) is 22.9 Å². The molecule has 0 radical (unpaired) electrons. The van der Waals surface area contributed by atoms with Crippen molar-refractivity contribution in [1.82, 2.24) is 5.32 Å². The van der Waals surface area contributed by atoms with Crippen molar-refractivity contribution in [2.75, 3.05) is 11.9 Å². The molecule has 1 saturated carbocycles. The van der Waals surface area contributed by atoms with E-state index < -0.39 is 0 Å². The molecule has 1 aliphatic rings. The molecule has 2 amide bonds. The SMILES string of the molecule is Cc1cc(Br)cc(Cl)c1OCC(=O)Nc1cccc(C(=O)NC2CC2)c1. The highest BCUT2D eigenvalue weighted by molar-refractivity contribution is 9.10. The molecular formula is C19H18BrClN2O3. The predicted octanol–water partition coefficient (Wildman–Crippen LogP) is 4.32. The molecule has 5 nitrogen and oxygen atoms in total. The third-order valence-electron chi connectivity index (χ3n) is 3.86. The molecule has 7 heteroatoms. The summed E-state index contributed by atoms with van der Waals surface area (Å²) in [5, 5.41) is 6.08. The average Bonchev–Trinajstić information content (AvgIpc) is 3.38. The van der Waals surface area contributed by atoms with E-state index >= 15 is 0 Å². The van der Waals surface area contributed by atoms with Crippen molar-refractivity contribution in [3.63, 3.8) is 0 Å². The second-order valence-electron chi connectivity index (χ2n) is 6.20. The average molecular weight is 438 g/mol. The van der Waals surface area contributed by atoms with Crippen molar-refractivity contribution in [2.45, 2.75) is 25.8 Å². The van der Waals surface area contributed by atoms with Crippen LogP contribution in [0.2, 0.25) is 5.02 Å². The molecule has 0 saturated heterocycles. The lowest BCUT2D eigenvalue weighted by Gasteiger charge is -2.12. The Kier molecular flexibility index (Phi) is 5.84. The van der Waals surface area contributed by atoms with Crippen LogP contribution in [0.3, 0.4) is 0 Å². The van der Waals surface area contributed by atoms with Crippen LogP contribution >= 0.6 is 27.5 Å². The van der Waals surface area contributed by atoms with Gasteiger partial charge in [-0.3, -0.25) is 9.59 Å². The summed E-state index contributed by atoms with van der Waals surface area (Å²) in [5.74, 6) is 0.0165. The molecule has 0 unspecified atom stereocenters. The first kappa shape index (κ1) is 18.7. The van der Waals surface area contributed by atoms with Crippen molar-refractivity contribution in [2.24, 2.45) is 0 Å². The number of carbonyl (C=O) groups is 2. The minimum absolute atomic E-state index is 0.128. The first-order chi connectivity index (χ1) is 12.4. The number of nitrogens with one attached hydrogen (secondary N) is 2. The fraction of sp³-hybridized carbons (Fsp3) is 0.263. The number of carbonyl (C=O) groups excluding carboxylic acids is 2. The van der Waals surface area contributed by atoms with E-state index in [9.17, 15) is 9.59 Å². The fourth-order valence-electron chi connectivity index (χ4n) is 2.44. The molecule has 3 rings (SSSR count). The number of hydrogen-bond donors (Lipinski definition) is 2. The number of halogens is 2. The van der Waals surface area contributed by atoms with Crippen LogP contribution in [0.4, 0.5) is 5.69 Å². The van der Waals surface area contributed by atoms with Gasteiger partial charge in [-0.2, -0.15) is 0 Å². The number of benzene rings is 2. The van der Waals surface area contributed by atoms with Gasteiger partial charge in [-0.15, -0.1) is 0 Å². The van der Waals surface area contributed by atoms with Crippen LogP contribution in [0.5, 0.6) is 5.75 Å². The number of ether oxygens (including phenoxy) is 1. The Morgan fingerprint density at radius 1 is 1.27 bits per heavy atom. The van der Waals surface area contributed by atoms with E-state index in [0.29, 0.717) is 22.0 Å².